The number of carbonyl (C=O) groups excluding carboxylic acids is 1. The molecule has 1 aromatic rings. The van der Waals surface area contributed by atoms with E-state index in [1.54, 1.807) is 18.2 Å². The van der Waals surface area contributed by atoms with E-state index in [4.69, 9.17) is 17.3 Å². The average molecular weight is 285 g/mol. The van der Waals surface area contributed by atoms with Gasteiger partial charge in [0.25, 0.3) is 5.91 Å². The van der Waals surface area contributed by atoms with Crippen LogP contribution in [0.25, 0.3) is 0 Å². The molecule has 18 heavy (non-hydrogen) atoms. The summed E-state index contributed by atoms with van der Waals surface area (Å²) in [6.07, 6.45) is 0. The SMILES string of the molecule is CC1CN(C(=O)c2ccc(N)cc2Cl)CC(C)S1. The van der Waals surface area contributed by atoms with Crippen molar-refractivity contribution in [1.82, 2.24) is 4.90 Å². The lowest BCUT2D eigenvalue weighted by Gasteiger charge is -2.34. The van der Waals surface area contributed by atoms with Crippen LogP contribution in [0.2, 0.25) is 5.02 Å². The summed E-state index contributed by atoms with van der Waals surface area (Å²) >= 11 is 8.00. The predicted octanol–water partition coefficient (Wildman–Crippen LogP) is 2.89. The van der Waals surface area contributed by atoms with Gasteiger partial charge in [-0.3, -0.25) is 4.79 Å². The number of anilines is 1. The molecule has 2 N–H and O–H groups in total. The molecule has 3 nitrogen and oxygen atoms in total. The average Bonchev–Trinajstić information content (AvgIpc) is 2.26. The Bertz CT molecular complexity index is 456. The summed E-state index contributed by atoms with van der Waals surface area (Å²) in [7, 11) is 0. The third kappa shape index (κ3) is 2.93. The first-order chi connectivity index (χ1) is 8.47. The fraction of sp³-hybridized carbons (Fsp3) is 0.462. The van der Waals surface area contributed by atoms with Crippen LogP contribution in [0.3, 0.4) is 0 Å². The lowest BCUT2D eigenvalue weighted by molar-refractivity contribution is 0.0753. The lowest BCUT2D eigenvalue weighted by Crippen LogP contribution is -2.44. The number of nitrogens with zero attached hydrogens (tertiary/aromatic N) is 1. The van der Waals surface area contributed by atoms with Crippen LogP contribution in [-0.4, -0.2) is 34.4 Å². The number of hydrogen-bond donors (Lipinski definition) is 1. The second-order valence-electron chi connectivity index (χ2n) is 4.71. The first kappa shape index (κ1) is 13.6. The number of hydrogen-bond acceptors (Lipinski definition) is 3. The minimum absolute atomic E-state index is 0.000926. The van der Waals surface area contributed by atoms with E-state index >= 15 is 0 Å². The molecule has 0 aromatic heterocycles. The highest BCUT2D eigenvalue weighted by atomic mass is 35.5. The zero-order chi connectivity index (χ0) is 13.3. The van der Waals surface area contributed by atoms with E-state index in [1.165, 1.54) is 0 Å². The smallest absolute Gasteiger partial charge is 0.255 e. The molecule has 0 radical (unpaired) electrons. The van der Waals surface area contributed by atoms with Gasteiger partial charge in [-0.25, -0.2) is 0 Å². The van der Waals surface area contributed by atoms with Gasteiger partial charge in [0.15, 0.2) is 0 Å². The third-order valence-corrected chi connectivity index (χ3v) is 4.47. The maximum absolute atomic E-state index is 12.4. The molecular formula is C13H17ClN2OS. The van der Waals surface area contributed by atoms with E-state index in [9.17, 15) is 4.79 Å². The fourth-order valence-electron chi connectivity index (χ4n) is 2.22. The Hall–Kier alpha value is -0.870. The van der Waals surface area contributed by atoms with Crippen molar-refractivity contribution in [3.63, 3.8) is 0 Å². The molecule has 0 bridgehead atoms. The molecule has 1 fully saturated rings. The second kappa shape index (κ2) is 5.41. The predicted molar refractivity (Wildman–Crippen MR) is 78.3 cm³/mol. The number of nitrogens with two attached hydrogens (primary N) is 1. The van der Waals surface area contributed by atoms with Crippen LogP contribution < -0.4 is 5.73 Å². The molecule has 2 atom stereocenters. The highest BCUT2D eigenvalue weighted by Crippen LogP contribution is 2.27. The molecule has 2 rings (SSSR count). The molecule has 98 valence electrons. The van der Waals surface area contributed by atoms with Gasteiger partial charge in [-0.15, -0.1) is 0 Å². The Labute approximate surface area is 117 Å². The summed E-state index contributed by atoms with van der Waals surface area (Å²) in [5.41, 5.74) is 6.75. The summed E-state index contributed by atoms with van der Waals surface area (Å²) in [6, 6.07) is 5.04. The maximum Gasteiger partial charge on any atom is 0.255 e. The van der Waals surface area contributed by atoms with E-state index in [-0.39, 0.29) is 5.91 Å². The summed E-state index contributed by atoms with van der Waals surface area (Å²) in [4.78, 5) is 14.3. The van der Waals surface area contributed by atoms with Gasteiger partial charge in [0.2, 0.25) is 0 Å². The molecular weight excluding hydrogens is 268 g/mol. The van der Waals surface area contributed by atoms with E-state index in [0.29, 0.717) is 26.8 Å². The Morgan fingerprint density at radius 1 is 1.39 bits per heavy atom. The molecule has 1 aliphatic rings. The Morgan fingerprint density at radius 3 is 2.56 bits per heavy atom. The maximum atomic E-state index is 12.4. The first-order valence-corrected chi connectivity index (χ1v) is 7.29. The van der Waals surface area contributed by atoms with Gasteiger partial charge in [0.1, 0.15) is 0 Å². The van der Waals surface area contributed by atoms with Crippen LogP contribution in [0, 0.1) is 0 Å². The van der Waals surface area contributed by atoms with Gasteiger partial charge in [-0.1, -0.05) is 25.4 Å². The Balaban J connectivity index is 2.20. The molecule has 2 unspecified atom stereocenters. The Kier molecular flexibility index (Phi) is 4.07. The van der Waals surface area contributed by atoms with E-state index in [0.717, 1.165) is 13.1 Å². The topological polar surface area (TPSA) is 46.3 Å². The molecule has 1 amide bonds. The van der Waals surface area contributed by atoms with Crippen molar-refractivity contribution in [3.8, 4) is 0 Å². The number of rotatable bonds is 1. The summed E-state index contributed by atoms with van der Waals surface area (Å²) in [5, 5.41) is 1.36. The molecule has 1 saturated heterocycles. The highest BCUT2D eigenvalue weighted by Gasteiger charge is 2.27. The monoisotopic (exact) mass is 284 g/mol. The van der Waals surface area contributed by atoms with Crippen molar-refractivity contribution in [2.45, 2.75) is 24.3 Å². The first-order valence-electron chi connectivity index (χ1n) is 5.97. The lowest BCUT2D eigenvalue weighted by atomic mass is 10.1. The largest absolute Gasteiger partial charge is 0.399 e. The van der Waals surface area contributed by atoms with Crippen molar-refractivity contribution in [2.24, 2.45) is 0 Å². The number of amides is 1. The van der Waals surface area contributed by atoms with Crippen molar-refractivity contribution < 1.29 is 4.79 Å². The number of benzene rings is 1. The van der Waals surface area contributed by atoms with Gasteiger partial charge in [0.05, 0.1) is 10.6 Å². The molecule has 5 heteroatoms. The summed E-state index contributed by atoms with van der Waals surface area (Å²) < 4.78 is 0. The van der Waals surface area contributed by atoms with Gasteiger partial charge >= 0.3 is 0 Å². The molecule has 1 aliphatic heterocycles. The van der Waals surface area contributed by atoms with E-state index in [1.807, 2.05) is 16.7 Å². The molecule has 1 aromatic carbocycles. The molecule has 0 spiro atoms. The van der Waals surface area contributed by atoms with Crippen molar-refractivity contribution in [1.29, 1.82) is 0 Å². The molecule has 0 aliphatic carbocycles. The minimum Gasteiger partial charge on any atom is -0.399 e. The fourth-order valence-corrected chi connectivity index (χ4v) is 3.81. The molecule has 1 heterocycles. The number of carbonyl (C=O) groups is 1. The third-order valence-electron chi connectivity index (χ3n) is 2.93. The van der Waals surface area contributed by atoms with Crippen LogP contribution in [0.1, 0.15) is 24.2 Å². The zero-order valence-electron chi connectivity index (χ0n) is 10.5. The van der Waals surface area contributed by atoms with Gasteiger partial charge < -0.3 is 10.6 Å². The van der Waals surface area contributed by atoms with Crippen LogP contribution in [0.4, 0.5) is 5.69 Å². The van der Waals surface area contributed by atoms with Crippen molar-refractivity contribution in [2.75, 3.05) is 18.8 Å². The van der Waals surface area contributed by atoms with E-state index < -0.39 is 0 Å². The summed E-state index contributed by atoms with van der Waals surface area (Å²) in [6.45, 7) is 5.83. The Morgan fingerprint density at radius 2 is 2.00 bits per heavy atom. The van der Waals surface area contributed by atoms with Gasteiger partial charge in [-0.05, 0) is 18.2 Å². The zero-order valence-corrected chi connectivity index (χ0v) is 12.1. The minimum atomic E-state index is -0.000926. The van der Waals surface area contributed by atoms with Crippen LogP contribution in [-0.2, 0) is 0 Å². The van der Waals surface area contributed by atoms with E-state index in [2.05, 4.69) is 13.8 Å². The van der Waals surface area contributed by atoms with Crippen LogP contribution >= 0.6 is 23.4 Å². The van der Waals surface area contributed by atoms with Crippen molar-refractivity contribution in [3.05, 3.63) is 28.8 Å². The van der Waals surface area contributed by atoms with Crippen LogP contribution in [0.15, 0.2) is 18.2 Å². The van der Waals surface area contributed by atoms with Crippen LogP contribution in [0.5, 0.6) is 0 Å². The van der Waals surface area contributed by atoms with Gasteiger partial charge in [0, 0.05) is 29.3 Å². The number of nitrogen functional groups attached to an aromatic ring is 1. The van der Waals surface area contributed by atoms with Gasteiger partial charge in [-0.2, -0.15) is 11.8 Å². The highest BCUT2D eigenvalue weighted by molar-refractivity contribution is 8.00. The van der Waals surface area contributed by atoms with Crippen molar-refractivity contribution >= 4 is 35.0 Å². The quantitative estimate of drug-likeness (QED) is 0.807. The standard InChI is InChI=1S/C13H17ClN2OS/c1-8-6-16(7-9(2)18-8)13(17)11-4-3-10(15)5-12(11)14/h3-5,8-9H,6-7,15H2,1-2H3. The number of halogens is 1. The second-order valence-corrected chi connectivity index (χ2v) is 7.00. The normalized spacial score (nSPS) is 24.1. The molecule has 0 saturated carbocycles. The summed E-state index contributed by atoms with van der Waals surface area (Å²) in [5.74, 6) is -0.000926. The number of thioether (sulfide) groups is 1.